The molecule has 0 atom stereocenters. The highest BCUT2D eigenvalue weighted by Gasteiger charge is 2.31. The zero-order valence-electron chi connectivity index (χ0n) is 9.35. The minimum Gasteiger partial charge on any atom is -0.447 e. The second-order valence-corrected chi connectivity index (χ2v) is 4.03. The lowest BCUT2D eigenvalue weighted by atomic mass is 9.79. The Labute approximate surface area is 109 Å². The molecule has 0 fully saturated rings. The van der Waals surface area contributed by atoms with Gasteiger partial charge in [0.25, 0.3) is 0 Å². The third kappa shape index (κ3) is 2.59. The van der Waals surface area contributed by atoms with Gasteiger partial charge in [-0.3, -0.25) is 5.32 Å². The van der Waals surface area contributed by atoms with Crippen molar-refractivity contribution in [3.63, 3.8) is 0 Å². The van der Waals surface area contributed by atoms with Crippen LogP contribution in [0.4, 0.5) is 10.5 Å². The average Bonchev–Trinajstić information content (AvgIpc) is 2.73. The number of carbonyl (C=O) groups is 1. The normalized spacial score (nSPS) is 13.4. The van der Waals surface area contributed by atoms with E-state index in [9.17, 15) is 9.82 Å². The van der Waals surface area contributed by atoms with E-state index >= 15 is 0 Å². The van der Waals surface area contributed by atoms with Gasteiger partial charge in [0, 0.05) is 5.46 Å². The zero-order chi connectivity index (χ0) is 13.1. The molecule has 8 heteroatoms. The van der Waals surface area contributed by atoms with Crippen LogP contribution in [-0.2, 0) is 16.0 Å². The summed E-state index contributed by atoms with van der Waals surface area (Å²) in [6, 6.07) is 3.31. The SMILES string of the molecule is O=C(Nc1ccc2c(c1Cl)B(O)OC2)OCCO. The van der Waals surface area contributed by atoms with Crippen molar-refractivity contribution >= 4 is 36.0 Å². The molecule has 1 amide bonds. The molecule has 3 N–H and O–H groups in total. The number of carbonyl (C=O) groups excluding carboxylic acids is 1. The summed E-state index contributed by atoms with van der Waals surface area (Å²) in [5.41, 5.74) is 1.56. The first-order chi connectivity index (χ1) is 8.63. The number of rotatable bonds is 3. The van der Waals surface area contributed by atoms with E-state index in [1.807, 2.05) is 0 Å². The Hall–Kier alpha value is -1.28. The fraction of sp³-hybridized carbons (Fsp3) is 0.300. The van der Waals surface area contributed by atoms with Crippen molar-refractivity contribution in [1.82, 2.24) is 0 Å². The Morgan fingerprint density at radius 1 is 1.61 bits per heavy atom. The van der Waals surface area contributed by atoms with Crippen LogP contribution in [0, 0.1) is 0 Å². The molecular formula is C10H11BClNO5. The molecule has 2 rings (SSSR count). The van der Waals surface area contributed by atoms with Crippen molar-refractivity contribution in [3.05, 3.63) is 22.7 Å². The molecule has 0 aromatic heterocycles. The van der Waals surface area contributed by atoms with E-state index in [0.717, 1.165) is 5.56 Å². The Kier molecular flexibility index (Phi) is 4.08. The van der Waals surface area contributed by atoms with E-state index in [1.54, 1.807) is 12.1 Å². The number of halogens is 1. The maximum absolute atomic E-state index is 11.3. The number of amides is 1. The van der Waals surface area contributed by atoms with Gasteiger partial charge in [0.2, 0.25) is 0 Å². The van der Waals surface area contributed by atoms with E-state index in [4.69, 9.17) is 21.4 Å². The van der Waals surface area contributed by atoms with Crippen molar-refractivity contribution < 1.29 is 24.3 Å². The lowest BCUT2D eigenvalue weighted by Crippen LogP contribution is -2.30. The number of hydrogen-bond donors (Lipinski definition) is 3. The smallest absolute Gasteiger partial charge is 0.447 e. The molecule has 0 bridgehead atoms. The average molecular weight is 271 g/mol. The summed E-state index contributed by atoms with van der Waals surface area (Å²) in [4.78, 5) is 11.3. The highest BCUT2D eigenvalue weighted by atomic mass is 35.5. The highest BCUT2D eigenvalue weighted by Crippen LogP contribution is 2.25. The summed E-state index contributed by atoms with van der Waals surface area (Å²) in [7, 11) is -1.08. The van der Waals surface area contributed by atoms with E-state index < -0.39 is 13.2 Å². The molecule has 0 radical (unpaired) electrons. The minimum absolute atomic E-state index is 0.0971. The largest absolute Gasteiger partial charge is 0.493 e. The first-order valence-corrected chi connectivity index (χ1v) is 5.67. The molecule has 96 valence electrons. The van der Waals surface area contributed by atoms with Gasteiger partial charge in [0.05, 0.1) is 23.9 Å². The number of aliphatic hydroxyl groups is 1. The first kappa shape index (κ1) is 13.2. The molecule has 1 heterocycles. The molecule has 1 aromatic rings. The number of benzene rings is 1. The number of nitrogens with one attached hydrogen (secondary N) is 1. The van der Waals surface area contributed by atoms with Crippen molar-refractivity contribution in [2.24, 2.45) is 0 Å². The van der Waals surface area contributed by atoms with Crippen LogP contribution >= 0.6 is 11.6 Å². The lowest BCUT2D eigenvalue weighted by molar-refractivity contribution is 0.131. The molecule has 0 saturated heterocycles. The van der Waals surface area contributed by atoms with Crippen LogP contribution in [-0.4, -0.2) is 36.6 Å². The van der Waals surface area contributed by atoms with Crippen molar-refractivity contribution in [3.8, 4) is 0 Å². The first-order valence-electron chi connectivity index (χ1n) is 5.29. The molecule has 0 spiro atoms. The van der Waals surface area contributed by atoms with Gasteiger partial charge in [0.1, 0.15) is 6.61 Å². The molecule has 1 aliphatic rings. The molecule has 1 aliphatic heterocycles. The summed E-state index contributed by atoms with van der Waals surface area (Å²) in [6.07, 6.45) is -0.723. The van der Waals surface area contributed by atoms with Crippen LogP contribution in [0.15, 0.2) is 12.1 Å². The second-order valence-electron chi connectivity index (χ2n) is 3.65. The fourth-order valence-electron chi connectivity index (χ4n) is 1.66. The van der Waals surface area contributed by atoms with Gasteiger partial charge in [-0.05, 0) is 11.6 Å². The van der Waals surface area contributed by atoms with Crippen LogP contribution in [0.5, 0.6) is 0 Å². The topological polar surface area (TPSA) is 88.0 Å². The summed E-state index contributed by atoms with van der Waals surface area (Å²) in [5, 5.41) is 20.7. The van der Waals surface area contributed by atoms with Crippen LogP contribution in [0.2, 0.25) is 5.02 Å². The summed E-state index contributed by atoms with van der Waals surface area (Å²) in [5.74, 6) is 0. The van der Waals surface area contributed by atoms with Gasteiger partial charge >= 0.3 is 13.2 Å². The van der Waals surface area contributed by atoms with E-state index in [1.165, 1.54) is 0 Å². The molecule has 6 nitrogen and oxygen atoms in total. The van der Waals surface area contributed by atoms with Crippen molar-refractivity contribution in [1.29, 1.82) is 0 Å². The van der Waals surface area contributed by atoms with E-state index in [0.29, 0.717) is 11.2 Å². The monoisotopic (exact) mass is 271 g/mol. The Morgan fingerprint density at radius 3 is 3.11 bits per heavy atom. The molecule has 0 saturated carbocycles. The quantitative estimate of drug-likeness (QED) is 0.679. The molecule has 0 unspecified atom stereocenters. The molecule has 0 aliphatic carbocycles. The van der Waals surface area contributed by atoms with Crippen molar-refractivity contribution in [2.75, 3.05) is 18.5 Å². The maximum atomic E-state index is 11.3. The Balaban J connectivity index is 2.15. The van der Waals surface area contributed by atoms with E-state index in [2.05, 4.69) is 10.1 Å². The Morgan fingerprint density at radius 2 is 2.39 bits per heavy atom. The molecular weight excluding hydrogens is 260 g/mol. The third-order valence-electron chi connectivity index (χ3n) is 2.47. The van der Waals surface area contributed by atoms with Crippen LogP contribution in [0.3, 0.4) is 0 Å². The predicted molar refractivity (Wildman–Crippen MR) is 65.9 cm³/mol. The van der Waals surface area contributed by atoms with Gasteiger partial charge in [0.15, 0.2) is 0 Å². The maximum Gasteiger partial charge on any atom is 0.493 e. The fourth-order valence-corrected chi connectivity index (χ4v) is 1.98. The summed E-state index contributed by atoms with van der Waals surface area (Å²) >= 11 is 6.07. The minimum atomic E-state index is -1.08. The Bertz CT molecular complexity index is 470. The van der Waals surface area contributed by atoms with Crippen LogP contribution < -0.4 is 10.8 Å². The highest BCUT2D eigenvalue weighted by molar-refractivity contribution is 6.66. The van der Waals surface area contributed by atoms with Gasteiger partial charge in [-0.2, -0.15) is 0 Å². The number of aliphatic hydroxyl groups excluding tert-OH is 1. The lowest BCUT2D eigenvalue weighted by Gasteiger charge is -2.10. The van der Waals surface area contributed by atoms with Crippen LogP contribution in [0.25, 0.3) is 0 Å². The molecule has 18 heavy (non-hydrogen) atoms. The number of hydrogen-bond acceptors (Lipinski definition) is 5. The van der Waals surface area contributed by atoms with E-state index in [-0.39, 0.29) is 24.8 Å². The standard InChI is InChI=1S/C10H11BClNO5/c12-9-7(13-10(15)17-4-3-14)2-1-6-5-18-11(16)8(6)9/h1-2,14,16H,3-5H2,(H,13,15). The number of anilines is 1. The predicted octanol–water partition coefficient (Wildman–Crippen LogP) is 0.0985. The van der Waals surface area contributed by atoms with Gasteiger partial charge < -0.3 is 19.5 Å². The summed E-state index contributed by atoms with van der Waals surface area (Å²) in [6.45, 7) is -0.0660. The third-order valence-corrected chi connectivity index (χ3v) is 2.88. The number of fused-ring (bicyclic) bond motifs is 1. The van der Waals surface area contributed by atoms with Crippen molar-refractivity contribution in [2.45, 2.75) is 6.61 Å². The zero-order valence-corrected chi connectivity index (χ0v) is 10.1. The van der Waals surface area contributed by atoms with Gasteiger partial charge in [-0.15, -0.1) is 0 Å². The number of ether oxygens (including phenoxy) is 1. The summed E-state index contributed by atoms with van der Waals surface area (Å²) < 4.78 is 9.67. The van der Waals surface area contributed by atoms with Gasteiger partial charge in [-0.25, -0.2) is 4.79 Å². The van der Waals surface area contributed by atoms with Crippen LogP contribution in [0.1, 0.15) is 5.56 Å². The van der Waals surface area contributed by atoms with Gasteiger partial charge in [-0.1, -0.05) is 17.7 Å². The molecule has 1 aromatic carbocycles. The second kappa shape index (κ2) is 5.58.